The van der Waals surface area contributed by atoms with Gasteiger partial charge in [0.25, 0.3) is 10.2 Å². The lowest BCUT2D eigenvalue weighted by Gasteiger charge is -2.27. The molecule has 1 saturated heterocycles. The third-order valence-corrected chi connectivity index (χ3v) is 4.72. The van der Waals surface area contributed by atoms with Crippen molar-refractivity contribution in [3.05, 3.63) is 0 Å². The van der Waals surface area contributed by atoms with Gasteiger partial charge in [-0.1, -0.05) is 13.8 Å². The van der Waals surface area contributed by atoms with Crippen LogP contribution < -0.4 is 4.72 Å². The third-order valence-electron chi connectivity index (χ3n) is 3.20. The Balaban J connectivity index is 2.92. The number of carboxylic acids is 1. The van der Waals surface area contributed by atoms with E-state index in [1.807, 2.05) is 0 Å². The largest absolute Gasteiger partial charge is 0.481 e. The van der Waals surface area contributed by atoms with E-state index in [9.17, 15) is 26.4 Å². The Morgan fingerprint density at radius 2 is 2.00 bits per heavy atom. The van der Waals surface area contributed by atoms with Gasteiger partial charge in [0.1, 0.15) is 0 Å². The maximum absolute atomic E-state index is 12.9. The van der Waals surface area contributed by atoms with Gasteiger partial charge >= 0.3 is 12.1 Å². The molecule has 1 rings (SSSR count). The van der Waals surface area contributed by atoms with E-state index in [4.69, 9.17) is 5.11 Å². The molecule has 0 saturated carbocycles. The molecular weight excluding hydrogens is 301 g/mol. The second kappa shape index (κ2) is 5.49. The first-order valence-corrected chi connectivity index (χ1v) is 7.41. The van der Waals surface area contributed by atoms with Crippen molar-refractivity contribution in [3.63, 3.8) is 0 Å². The van der Waals surface area contributed by atoms with Gasteiger partial charge in [0.2, 0.25) is 0 Å². The van der Waals surface area contributed by atoms with Crippen LogP contribution in [-0.2, 0) is 15.0 Å². The molecule has 1 aliphatic heterocycles. The van der Waals surface area contributed by atoms with Crippen LogP contribution in [-0.4, -0.2) is 49.6 Å². The molecule has 0 aromatic heterocycles. The first-order valence-electron chi connectivity index (χ1n) is 5.97. The first kappa shape index (κ1) is 17.2. The minimum absolute atomic E-state index is 0.0146. The Kier molecular flexibility index (Phi) is 4.72. The number of hydrogen-bond donors (Lipinski definition) is 2. The fourth-order valence-corrected chi connectivity index (χ4v) is 3.32. The minimum Gasteiger partial charge on any atom is -0.481 e. The van der Waals surface area contributed by atoms with Gasteiger partial charge < -0.3 is 5.11 Å². The van der Waals surface area contributed by atoms with E-state index in [0.717, 1.165) is 0 Å². The first-order chi connectivity index (χ1) is 8.92. The summed E-state index contributed by atoms with van der Waals surface area (Å²) < 4.78 is 65.1. The summed E-state index contributed by atoms with van der Waals surface area (Å²) in [5.74, 6) is -2.06. The number of carbonyl (C=O) groups is 1. The molecule has 1 heterocycles. The van der Waals surface area contributed by atoms with Gasteiger partial charge in [-0.3, -0.25) is 4.79 Å². The highest BCUT2D eigenvalue weighted by Gasteiger charge is 2.64. The fourth-order valence-electron chi connectivity index (χ4n) is 1.87. The zero-order valence-corrected chi connectivity index (χ0v) is 11.9. The Bertz CT molecular complexity index is 477. The van der Waals surface area contributed by atoms with Gasteiger partial charge in [-0.05, 0) is 12.3 Å². The monoisotopic (exact) mass is 318 g/mol. The van der Waals surface area contributed by atoms with Crippen molar-refractivity contribution in [2.45, 2.75) is 26.4 Å². The van der Waals surface area contributed by atoms with Crippen LogP contribution in [0.2, 0.25) is 0 Å². The number of halogens is 3. The molecule has 0 aromatic rings. The molecule has 0 spiro atoms. The highest BCUT2D eigenvalue weighted by atomic mass is 32.2. The second-order valence-corrected chi connectivity index (χ2v) is 6.97. The highest BCUT2D eigenvalue weighted by molar-refractivity contribution is 7.87. The molecule has 10 heteroatoms. The van der Waals surface area contributed by atoms with Gasteiger partial charge in [-0.15, -0.1) is 0 Å². The lowest BCUT2D eigenvalue weighted by molar-refractivity contribution is -0.226. The van der Waals surface area contributed by atoms with E-state index in [1.54, 1.807) is 13.8 Å². The van der Waals surface area contributed by atoms with Crippen LogP contribution in [0, 0.1) is 11.3 Å². The maximum Gasteiger partial charge on any atom is 0.406 e. The van der Waals surface area contributed by atoms with Crippen LogP contribution >= 0.6 is 0 Å². The molecule has 1 aliphatic rings. The summed E-state index contributed by atoms with van der Waals surface area (Å²) in [7, 11) is -4.10. The Labute approximate surface area is 115 Å². The molecule has 118 valence electrons. The summed E-state index contributed by atoms with van der Waals surface area (Å²) in [6.45, 7) is 1.98. The van der Waals surface area contributed by atoms with Crippen molar-refractivity contribution in [1.29, 1.82) is 0 Å². The number of nitrogens with one attached hydrogen (secondary N) is 1. The summed E-state index contributed by atoms with van der Waals surface area (Å²) in [6, 6.07) is 0. The van der Waals surface area contributed by atoms with Crippen LogP contribution in [0.15, 0.2) is 0 Å². The maximum atomic E-state index is 12.9. The molecule has 6 nitrogen and oxygen atoms in total. The van der Waals surface area contributed by atoms with E-state index in [2.05, 4.69) is 4.72 Å². The number of hydrogen-bond acceptors (Lipinski definition) is 3. The SMILES string of the molecule is CC(C)CNS(=O)(=O)N1CCC(C(=O)O)(C(F)(F)F)C1. The summed E-state index contributed by atoms with van der Waals surface area (Å²) >= 11 is 0. The predicted molar refractivity (Wildman–Crippen MR) is 64.1 cm³/mol. The lowest BCUT2D eigenvalue weighted by Crippen LogP contribution is -2.49. The van der Waals surface area contributed by atoms with Gasteiger partial charge in [0, 0.05) is 19.6 Å². The predicted octanol–water partition coefficient (Wildman–Crippen LogP) is 0.816. The molecule has 1 unspecified atom stereocenters. The van der Waals surface area contributed by atoms with Crippen molar-refractivity contribution in [2.75, 3.05) is 19.6 Å². The molecule has 1 atom stereocenters. The Hall–Kier alpha value is -0.870. The van der Waals surface area contributed by atoms with Gasteiger partial charge in [0.05, 0.1) is 0 Å². The van der Waals surface area contributed by atoms with Gasteiger partial charge in [-0.2, -0.15) is 25.9 Å². The Morgan fingerprint density at radius 1 is 1.45 bits per heavy atom. The van der Waals surface area contributed by atoms with Crippen molar-refractivity contribution in [1.82, 2.24) is 9.03 Å². The molecule has 0 aromatic carbocycles. The average Bonchev–Trinajstić information content (AvgIpc) is 2.72. The summed E-state index contributed by atoms with van der Waals surface area (Å²) in [4.78, 5) is 10.9. The van der Waals surface area contributed by atoms with E-state index >= 15 is 0 Å². The number of rotatable bonds is 5. The number of nitrogens with zero attached hydrogens (tertiary/aromatic N) is 1. The summed E-state index contributed by atoms with van der Waals surface area (Å²) in [5, 5.41) is 8.84. The van der Waals surface area contributed by atoms with E-state index in [1.165, 1.54) is 0 Å². The van der Waals surface area contributed by atoms with Crippen molar-refractivity contribution < 1.29 is 31.5 Å². The lowest BCUT2D eigenvalue weighted by atomic mass is 9.86. The van der Waals surface area contributed by atoms with Crippen molar-refractivity contribution in [2.24, 2.45) is 11.3 Å². The van der Waals surface area contributed by atoms with Gasteiger partial charge in [-0.25, -0.2) is 4.72 Å². The van der Waals surface area contributed by atoms with Gasteiger partial charge in [0.15, 0.2) is 5.41 Å². The molecule has 20 heavy (non-hydrogen) atoms. The summed E-state index contributed by atoms with van der Waals surface area (Å²) in [5.41, 5.74) is -3.03. The molecular formula is C10H17F3N2O4S. The quantitative estimate of drug-likeness (QED) is 0.785. The Morgan fingerprint density at radius 3 is 2.35 bits per heavy atom. The number of aliphatic carboxylic acids is 1. The second-order valence-electron chi connectivity index (χ2n) is 5.22. The fraction of sp³-hybridized carbons (Fsp3) is 0.900. The normalized spacial score (nSPS) is 25.3. The zero-order valence-electron chi connectivity index (χ0n) is 11.1. The van der Waals surface area contributed by atoms with Crippen LogP contribution in [0.25, 0.3) is 0 Å². The van der Waals surface area contributed by atoms with Crippen LogP contribution in [0.5, 0.6) is 0 Å². The third kappa shape index (κ3) is 3.23. The molecule has 0 amide bonds. The number of carboxylic acid groups (broad SMARTS) is 1. The molecule has 0 radical (unpaired) electrons. The van der Waals surface area contributed by atoms with Crippen molar-refractivity contribution in [3.8, 4) is 0 Å². The zero-order chi connectivity index (χ0) is 15.8. The highest BCUT2D eigenvalue weighted by Crippen LogP contribution is 2.46. The van der Waals surface area contributed by atoms with E-state index < -0.39 is 47.3 Å². The van der Waals surface area contributed by atoms with Crippen LogP contribution in [0.3, 0.4) is 0 Å². The van der Waals surface area contributed by atoms with Crippen LogP contribution in [0.4, 0.5) is 13.2 Å². The van der Waals surface area contributed by atoms with E-state index in [-0.39, 0.29) is 12.5 Å². The number of alkyl halides is 3. The molecule has 0 aliphatic carbocycles. The van der Waals surface area contributed by atoms with Crippen molar-refractivity contribution >= 4 is 16.2 Å². The average molecular weight is 318 g/mol. The molecule has 0 bridgehead atoms. The molecule has 2 N–H and O–H groups in total. The molecule has 1 fully saturated rings. The smallest absolute Gasteiger partial charge is 0.406 e. The summed E-state index contributed by atoms with van der Waals surface area (Å²) in [6.07, 6.45) is -5.78. The van der Waals surface area contributed by atoms with E-state index in [0.29, 0.717) is 4.31 Å². The minimum atomic E-state index is -5.00. The topological polar surface area (TPSA) is 86.7 Å². The van der Waals surface area contributed by atoms with Crippen LogP contribution in [0.1, 0.15) is 20.3 Å². The standard InChI is InChI=1S/C10H17F3N2O4S/c1-7(2)5-14-20(18,19)15-4-3-9(6-15,8(16)17)10(11,12)13/h7,14H,3-6H2,1-2H3,(H,16,17).